The highest BCUT2D eigenvalue weighted by atomic mass is 32.2. The Labute approximate surface area is 83.1 Å². The molecule has 4 heteroatoms. The Hall–Kier alpha value is -0.0600. The van der Waals surface area contributed by atoms with Gasteiger partial charge in [0.15, 0.2) is 0 Å². The lowest BCUT2D eigenvalue weighted by molar-refractivity contribution is -0.114. The van der Waals surface area contributed by atoms with Crippen LogP contribution in [-0.4, -0.2) is 29.4 Å². The van der Waals surface area contributed by atoms with E-state index in [0.29, 0.717) is 12.8 Å². The maximum atomic E-state index is 10.3. The predicted molar refractivity (Wildman–Crippen MR) is 52.5 cm³/mol. The first kappa shape index (κ1) is 11.0. The standard InChI is InChI=1S/C9H16O3S/c1-13-12-8-2-4-9(11,5-3-8)6-7-10/h7-8,11H,2-6H2,1H3. The first-order valence-corrected chi connectivity index (χ1v) is 5.71. The van der Waals surface area contributed by atoms with Crippen molar-refractivity contribution >= 4 is 18.3 Å². The molecule has 0 heterocycles. The van der Waals surface area contributed by atoms with E-state index in [1.54, 1.807) is 0 Å². The molecule has 0 bridgehead atoms. The van der Waals surface area contributed by atoms with Crippen molar-refractivity contribution in [2.45, 2.75) is 43.8 Å². The summed E-state index contributed by atoms with van der Waals surface area (Å²) in [6.07, 6.45) is 6.27. The van der Waals surface area contributed by atoms with Gasteiger partial charge in [0.2, 0.25) is 0 Å². The number of hydrogen-bond acceptors (Lipinski definition) is 4. The maximum absolute atomic E-state index is 10.3. The summed E-state index contributed by atoms with van der Waals surface area (Å²) in [6.45, 7) is 0. The van der Waals surface area contributed by atoms with E-state index in [1.165, 1.54) is 12.0 Å². The van der Waals surface area contributed by atoms with Gasteiger partial charge in [-0.2, -0.15) is 0 Å². The number of carbonyl (C=O) groups is 1. The summed E-state index contributed by atoms with van der Waals surface area (Å²) in [5.74, 6) is 0. The summed E-state index contributed by atoms with van der Waals surface area (Å²) in [5.41, 5.74) is -0.750. The Kier molecular flexibility index (Phi) is 4.22. The SMILES string of the molecule is CSOC1CCC(O)(CC=O)CC1. The third kappa shape index (κ3) is 3.29. The number of carbonyl (C=O) groups excluding carboxylic acids is 1. The maximum Gasteiger partial charge on any atom is 0.122 e. The summed E-state index contributed by atoms with van der Waals surface area (Å²) in [5, 5.41) is 9.86. The molecular weight excluding hydrogens is 188 g/mol. The molecule has 0 aromatic rings. The molecule has 1 aliphatic rings. The van der Waals surface area contributed by atoms with Crippen LogP contribution in [0.4, 0.5) is 0 Å². The van der Waals surface area contributed by atoms with E-state index < -0.39 is 5.60 Å². The van der Waals surface area contributed by atoms with E-state index >= 15 is 0 Å². The van der Waals surface area contributed by atoms with Crippen LogP contribution in [-0.2, 0) is 8.98 Å². The molecule has 1 aliphatic carbocycles. The number of aliphatic hydroxyl groups is 1. The normalized spacial score (nSPS) is 34.5. The first-order chi connectivity index (χ1) is 6.20. The largest absolute Gasteiger partial charge is 0.389 e. The topological polar surface area (TPSA) is 46.5 Å². The van der Waals surface area contributed by atoms with Crippen molar-refractivity contribution < 1.29 is 14.1 Å². The molecule has 0 aromatic heterocycles. The Morgan fingerprint density at radius 2 is 2.23 bits per heavy atom. The van der Waals surface area contributed by atoms with Crippen LogP contribution in [0.5, 0.6) is 0 Å². The molecule has 76 valence electrons. The molecule has 1 fully saturated rings. The molecule has 0 aliphatic heterocycles. The molecule has 0 atom stereocenters. The van der Waals surface area contributed by atoms with Gasteiger partial charge >= 0.3 is 0 Å². The lowest BCUT2D eigenvalue weighted by Gasteiger charge is -2.34. The third-order valence-electron chi connectivity index (χ3n) is 2.56. The van der Waals surface area contributed by atoms with Crippen LogP contribution < -0.4 is 0 Å². The highest BCUT2D eigenvalue weighted by Crippen LogP contribution is 2.32. The molecule has 0 amide bonds. The molecule has 1 rings (SSSR count). The quantitative estimate of drug-likeness (QED) is 0.557. The van der Waals surface area contributed by atoms with E-state index in [0.717, 1.165) is 19.1 Å². The Morgan fingerprint density at radius 3 is 2.69 bits per heavy atom. The first-order valence-electron chi connectivity index (χ1n) is 4.56. The van der Waals surface area contributed by atoms with Crippen molar-refractivity contribution in [1.29, 1.82) is 0 Å². The van der Waals surface area contributed by atoms with Crippen LogP contribution in [0.3, 0.4) is 0 Å². The number of rotatable bonds is 4. The molecule has 1 saturated carbocycles. The van der Waals surface area contributed by atoms with Crippen molar-refractivity contribution in [1.82, 2.24) is 0 Å². The zero-order valence-electron chi connectivity index (χ0n) is 7.86. The molecule has 13 heavy (non-hydrogen) atoms. The van der Waals surface area contributed by atoms with Gasteiger partial charge < -0.3 is 14.1 Å². The lowest BCUT2D eigenvalue weighted by atomic mass is 9.81. The van der Waals surface area contributed by atoms with Gasteiger partial charge in [0.25, 0.3) is 0 Å². The van der Waals surface area contributed by atoms with Gasteiger partial charge in [0, 0.05) is 12.7 Å². The molecule has 1 N–H and O–H groups in total. The van der Waals surface area contributed by atoms with Crippen molar-refractivity contribution in [2.24, 2.45) is 0 Å². The second-order valence-electron chi connectivity index (χ2n) is 3.56. The number of aldehydes is 1. The Morgan fingerprint density at radius 1 is 1.62 bits per heavy atom. The summed E-state index contributed by atoms with van der Waals surface area (Å²) < 4.78 is 5.37. The van der Waals surface area contributed by atoms with Crippen molar-refractivity contribution in [3.63, 3.8) is 0 Å². The monoisotopic (exact) mass is 204 g/mol. The fourth-order valence-corrected chi connectivity index (χ4v) is 2.18. The minimum absolute atomic E-state index is 0.252. The zero-order valence-corrected chi connectivity index (χ0v) is 8.68. The van der Waals surface area contributed by atoms with E-state index in [-0.39, 0.29) is 12.5 Å². The van der Waals surface area contributed by atoms with Crippen molar-refractivity contribution in [3.8, 4) is 0 Å². The van der Waals surface area contributed by atoms with Crippen LogP contribution in [0.2, 0.25) is 0 Å². The average Bonchev–Trinajstić information content (AvgIpc) is 2.10. The van der Waals surface area contributed by atoms with Crippen molar-refractivity contribution in [2.75, 3.05) is 6.26 Å². The third-order valence-corrected chi connectivity index (χ3v) is 3.02. The van der Waals surface area contributed by atoms with Gasteiger partial charge in [-0.05, 0) is 37.7 Å². The predicted octanol–water partition coefficient (Wildman–Crippen LogP) is 1.54. The number of hydrogen-bond donors (Lipinski definition) is 1. The fourth-order valence-electron chi connectivity index (χ4n) is 1.72. The summed E-state index contributed by atoms with van der Waals surface area (Å²) in [4.78, 5) is 10.3. The highest BCUT2D eigenvalue weighted by molar-refractivity contribution is 7.93. The molecule has 0 radical (unpaired) electrons. The zero-order chi connectivity index (χ0) is 9.73. The van der Waals surface area contributed by atoms with Crippen LogP contribution in [0.25, 0.3) is 0 Å². The lowest BCUT2D eigenvalue weighted by Crippen LogP contribution is -2.36. The van der Waals surface area contributed by atoms with Gasteiger partial charge in [-0.3, -0.25) is 0 Å². The van der Waals surface area contributed by atoms with E-state index in [9.17, 15) is 9.90 Å². The van der Waals surface area contributed by atoms with Gasteiger partial charge in [0.05, 0.1) is 11.7 Å². The second kappa shape index (κ2) is 4.98. The van der Waals surface area contributed by atoms with Gasteiger partial charge in [0.1, 0.15) is 6.29 Å². The Bertz CT molecular complexity index is 164. The molecule has 0 unspecified atom stereocenters. The van der Waals surface area contributed by atoms with E-state index in [2.05, 4.69) is 0 Å². The fraction of sp³-hybridized carbons (Fsp3) is 0.889. The minimum Gasteiger partial charge on any atom is -0.389 e. The molecule has 0 spiro atoms. The highest BCUT2D eigenvalue weighted by Gasteiger charge is 2.33. The molecular formula is C9H16O3S. The second-order valence-corrected chi connectivity index (χ2v) is 4.08. The Balaban J connectivity index is 2.32. The summed E-state index contributed by atoms with van der Waals surface area (Å²) in [6, 6.07) is 0. The van der Waals surface area contributed by atoms with Crippen LogP contribution in [0.15, 0.2) is 0 Å². The average molecular weight is 204 g/mol. The minimum atomic E-state index is -0.750. The molecule has 0 saturated heterocycles. The van der Waals surface area contributed by atoms with Crippen LogP contribution >= 0.6 is 12.0 Å². The summed E-state index contributed by atoms with van der Waals surface area (Å²) in [7, 11) is 0. The molecule has 0 aromatic carbocycles. The van der Waals surface area contributed by atoms with Gasteiger partial charge in [-0.15, -0.1) is 0 Å². The van der Waals surface area contributed by atoms with Gasteiger partial charge in [-0.25, -0.2) is 0 Å². The summed E-state index contributed by atoms with van der Waals surface area (Å²) >= 11 is 1.37. The van der Waals surface area contributed by atoms with Crippen LogP contribution in [0.1, 0.15) is 32.1 Å². The van der Waals surface area contributed by atoms with E-state index in [1.807, 2.05) is 6.26 Å². The smallest absolute Gasteiger partial charge is 0.122 e. The van der Waals surface area contributed by atoms with Crippen molar-refractivity contribution in [3.05, 3.63) is 0 Å². The van der Waals surface area contributed by atoms with Crippen LogP contribution in [0, 0.1) is 0 Å². The van der Waals surface area contributed by atoms with Gasteiger partial charge in [-0.1, -0.05) is 0 Å². The van der Waals surface area contributed by atoms with E-state index in [4.69, 9.17) is 4.18 Å². The molecule has 3 nitrogen and oxygen atoms in total.